The number of hydrogen-bond donors (Lipinski definition) is 0. The second-order valence-electron chi connectivity index (χ2n) is 7.10. The molecule has 0 spiro atoms. The maximum Gasteiger partial charge on any atom is 0.262 e. The molecule has 0 fully saturated rings. The van der Waals surface area contributed by atoms with Crippen LogP contribution in [0.15, 0.2) is 49.5 Å². The lowest BCUT2D eigenvalue weighted by Gasteiger charge is -2.13. The van der Waals surface area contributed by atoms with Crippen molar-refractivity contribution in [3.63, 3.8) is 0 Å². The third kappa shape index (κ3) is 5.35. The lowest BCUT2D eigenvalue weighted by Crippen LogP contribution is -2.24. The van der Waals surface area contributed by atoms with Gasteiger partial charge in [-0.3, -0.25) is 9.36 Å². The van der Waals surface area contributed by atoms with Crippen LogP contribution in [0.2, 0.25) is 5.02 Å². The van der Waals surface area contributed by atoms with E-state index < -0.39 is 0 Å². The lowest BCUT2D eigenvalue weighted by molar-refractivity contribution is 0.0743. The molecule has 1 aromatic carbocycles. The fourth-order valence-corrected chi connectivity index (χ4v) is 4.63. The standard InChI is InChI=1S/C21H21ClN4O3S2/c1-13(2)28-8-3-7-26-20(27)16-5-4-15(22)10-17(16)23-21(26)31-12-18-24-19(29-25-18)14-6-9-30-11-14/h4-6,9-11,13H,3,7-8,12H2,1-2H3. The van der Waals surface area contributed by atoms with E-state index in [1.807, 2.05) is 30.7 Å². The average Bonchev–Trinajstić information content (AvgIpc) is 3.42. The normalized spacial score (nSPS) is 11.6. The molecule has 0 saturated carbocycles. The third-order valence-electron chi connectivity index (χ3n) is 4.43. The Labute approximate surface area is 192 Å². The molecule has 31 heavy (non-hydrogen) atoms. The summed E-state index contributed by atoms with van der Waals surface area (Å²) in [4.78, 5) is 22.3. The smallest absolute Gasteiger partial charge is 0.262 e. The maximum absolute atomic E-state index is 13.1. The Hall–Kier alpha value is -2.20. The Morgan fingerprint density at radius 1 is 1.29 bits per heavy atom. The number of aromatic nitrogens is 4. The zero-order valence-electron chi connectivity index (χ0n) is 17.1. The minimum atomic E-state index is -0.0965. The zero-order chi connectivity index (χ0) is 21.8. The highest BCUT2D eigenvalue weighted by Crippen LogP contribution is 2.25. The van der Waals surface area contributed by atoms with Crippen LogP contribution in [0.5, 0.6) is 0 Å². The minimum Gasteiger partial charge on any atom is -0.379 e. The number of thiophene rings is 1. The van der Waals surface area contributed by atoms with Crippen LogP contribution in [-0.4, -0.2) is 32.4 Å². The first-order valence-electron chi connectivity index (χ1n) is 9.81. The van der Waals surface area contributed by atoms with E-state index in [1.54, 1.807) is 34.1 Å². The van der Waals surface area contributed by atoms with Crippen LogP contribution in [-0.2, 0) is 17.0 Å². The van der Waals surface area contributed by atoms with Gasteiger partial charge in [-0.15, -0.1) is 0 Å². The average molecular weight is 477 g/mol. The quantitative estimate of drug-likeness (QED) is 0.185. The van der Waals surface area contributed by atoms with Crippen LogP contribution >= 0.6 is 34.7 Å². The predicted molar refractivity (Wildman–Crippen MR) is 124 cm³/mol. The molecular weight excluding hydrogens is 456 g/mol. The van der Waals surface area contributed by atoms with Crippen molar-refractivity contribution in [2.45, 2.75) is 43.8 Å². The number of benzene rings is 1. The second-order valence-corrected chi connectivity index (χ2v) is 9.26. The molecule has 4 aromatic rings. The van der Waals surface area contributed by atoms with E-state index in [2.05, 4.69) is 10.1 Å². The summed E-state index contributed by atoms with van der Waals surface area (Å²) in [7, 11) is 0. The fraction of sp³-hybridized carbons (Fsp3) is 0.333. The summed E-state index contributed by atoms with van der Waals surface area (Å²) < 4.78 is 12.7. The first kappa shape index (κ1) is 22.0. The van der Waals surface area contributed by atoms with Gasteiger partial charge in [0.25, 0.3) is 11.4 Å². The van der Waals surface area contributed by atoms with Crippen LogP contribution in [0.1, 0.15) is 26.1 Å². The van der Waals surface area contributed by atoms with Crippen molar-refractivity contribution in [2.24, 2.45) is 0 Å². The first-order chi connectivity index (χ1) is 15.0. The molecule has 10 heteroatoms. The summed E-state index contributed by atoms with van der Waals surface area (Å²) in [5, 5.41) is 9.63. The summed E-state index contributed by atoms with van der Waals surface area (Å²) in [5.41, 5.74) is 1.37. The van der Waals surface area contributed by atoms with Crippen LogP contribution in [0.4, 0.5) is 0 Å². The fourth-order valence-electron chi connectivity index (χ4n) is 2.97. The Kier molecular flexibility index (Phi) is 7.06. The first-order valence-corrected chi connectivity index (χ1v) is 12.1. The van der Waals surface area contributed by atoms with E-state index in [0.29, 0.717) is 58.1 Å². The summed E-state index contributed by atoms with van der Waals surface area (Å²) in [6.07, 6.45) is 0.856. The van der Waals surface area contributed by atoms with Crippen LogP contribution in [0.25, 0.3) is 22.4 Å². The molecule has 0 N–H and O–H groups in total. The highest BCUT2D eigenvalue weighted by Gasteiger charge is 2.15. The Morgan fingerprint density at radius 3 is 2.94 bits per heavy atom. The van der Waals surface area contributed by atoms with Crippen molar-refractivity contribution in [2.75, 3.05) is 6.61 Å². The van der Waals surface area contributed by atoms with E-state index >= 15 is 0 Å². The summed E-state index contributed by atoms with van der Waals surface area (Å²) in [6.45, 7) is 5.06. The van der Waals surface area contributed by atoms with Crippen LogP contribution in [0.3, 0.4) is 0 Å². The molecule has 0 radical (unpaired) electrons. The summed E-state index contributed by atoms with van der Waals surface area (Å²) >= 11 is 9.08. The van der Waals surface area contributed by atoms with Crippen molar-refractivity contribution in [1.82, 2.24) is 19.7 Å². The number of hydrogen-bond acceptors (Lipinski definition) is 8. The van der Waals surface area contributed by atoms with Crippen LogP contribution < -0.4 is 5.56 Å². The van der Waals surface area contributed by atoms with Gasteiger partial charge in [0.2, 0.25) is 0 Å². The van der Waals surface area contributed by atoms with Crippen LogP contribution in [0, 0.1) is 0 Å². The molecule has 0 aliphatic carbocycles. The van der Waals surface area contributed by atoms with Gasteiger partial charge >= 0.3 is 0 Å². The van der Waals surface area contributed by atoms with Gasteiger partial charge in [-0.25, -0.2) is 4.98 Å². The Morgan fingerprint density at radius 2 is 2.16 bits per heavy atom. The van der Waals surface area contributed by atoms with Gasteiger partial charge in [0.1, 0.15) is 0 Å². The number of nitrogens with zero attached hydrogens (tertiary/aromatic N) is 4. The van der Waals surface area contributed by atoms with E-state index in [-0.39, 0.29) is 11.7 Å². The van der Waals surface area contributed by atoms with Crippen molar-refractivity contribution in [1.29, 1.82) is 0 Å². The van der Waals surface area contributed by atoms with E-state index in [4.69, 9.17) is 25.8 Å². The van der Waals surface area contributed by atoms with Gasteiger partial charge in [-0.05, 0) is 49.9 Å². The highest BCUT2D eigenvalue weighted by atomic mass is 35.5. The van der Waals surface area contributed by atoms with Crippen molar-refractivity contribution < 1.29 is 9.26 Å². The van der Waals surface area contributed by atoms with Gasteiger partial charge in [-0.1, -0.05) is 28.5 Å². The molecule has 4 rings (SSSR count). The third-order valence-corrected chi connectivity index (χ3v) is 6.32. The number of ether oxygens (including phenoxy) is 1. The number of fused-ring (bicyclic) bond motifs is 1. The zero-order valence-corrected chi connectivity index (χ0v) is 19.5. The maximum atomic E-state index is 13.1. The lowest BCUT2D eigenvalue weighted by atomic mass is 10.2. The van der Waals surface area contributed by atoms with Crippen molar-refractivity contribution in [3.8, 4) is 11.5 Å². The molecule has 0 saturated heterocycles. The molecule has 3 aromatic heterocycles. The van der Waals surface area contributed by atoms with Gasteiger partial charge in [0, 0.05) is 23.6 Å². The summed E-state index contributed by atoms with van der Waals surface area (Å²) in [5.74, 6) is 1.45. The monoisotopic (exact) mass is 476 g/mol. The molecule has 7 nitrogen and oxygen atoms in total. The number of rotatable bonds is 9. The van der Waals surface area contributed by atoms with Gasteiger partial charge < -0.3 is 9.26 Å². The van der Waals surface area contributed by atoms with E-state index in [9.17, 15) is 4.79 Å². The Bertz CT molecular complexity index is 1220. The van der Waals surface area contributed by atoms with E-state index in [1.165, 1.54) is 11.8 Å². The molecule has 0 unspecified atom stereocenters. The molecule has 0 aliphatic rings. The minimum absolute atomic E-state index is 0.0965. The molecule has 162 valence electrons. The number of halogens is 1. The molecular formula is C21H21ClN4O3S2. The molecule has 0 bridgehead atoms. The SMILES string of the molecule is CC(C)OCCCn1c(SCc2noc(-c3ccsc3)n2)nc2cc(Cl)ccc2c1=O. The van der Waals surface area contributed by atoms with Gasteiger partial charge in [0.05, 0.1) is 28.3 Å². The highest BCUT2D eigenvalue weighted by molar-refractivity contribution is 7.98. The van der Waals surface area contributed by atoms with Gasteiger partial charge in [0.15, 0.2) is 11.0 Å². The van der Waals surface area contributed by atoms with Crippen molar-refractivity contribution in [3.05, 3.63) is 56.2 Å². The summed E-state index contributed by atoms with van der Waals surface area (Å²) in [6, 6.07) is 7.06. The topological polar surface area (TPSA) is 83.0 Å². The van der Waals surface area contributed by atoms with E-state index in [0.717, 1.165) is 5.56 Å². The molecule has 3 heterocycles. The molecule has 0 aliphatic heterocycles. The molecule has 0 amide bonds. The number of thioether (sulfide) groups is 1. The second kappa shape index (κ2) is 9.95. The van der Waals surface area contributed by atoms with Gasteiger partial charge in [-0.2, -0.15) is 16.3 Å². The largest absolute Gasteiger partial charge is 0.379 e. The Balaban J connectivity index is 1.58. The predicted octanol–water partition coefficient (Wildman–Crippen LogP) is 5.27. The van der Waals surface area contributed by atoms with Crippen molar-refractivity contribution >= 4 is 45.6 Å². The molecule has 0 atom stereocenters.